The summed E-state index contributed by atoms with van der Waals surface area (Å²) in [7, 11) is 0. The van der Waals surface area contributed by atoms with E-state index in [9.17, 15) is 4.79 Å². The van der Waals surface area contributed by atoms with Crippen LogP contribution in [0.15, 0.2) is 40.8 Å². The second-order valence-corrected chi connectivity index (χ2v) is 4.68. The Hall–Kier alpha value is -0.930. The van der Waals surface area contributed by atoms with E-state index in [1.54, 1.807) is 17.8 Å². The van der Waals surface area contributed by atoms with E-state index in [0.717, 1.165) is 4.90 Å². The van der Waals surface area contributed by atoms with E-state index in [2.05, 4.69) is 0 Å². The highest BCUT2D eigenvalue weighted by atomic mass is 35.5. The number of hydrogen-bond donors (Lipinski definition) is 1. The SMILES string of the molecule is CCC(=CCSc1ccc(Cl)cc1)C(=O)O. The van der Waals surface area contributed by atoms with Gasteiger partial charge in [0.2, 0.25) is 0 Å². The fourth-order valence-electron chi connectivity index (χ4n) is 1.15. The minimum atomic E-state index is -0.834. The largest absolute Gasteiger partial charge is 0.478 e. The lowest BCUT2D eigenvalue weighted by molar-refractivity contribution is -0.132. The maximum Gasteiger partial charge on any atom is 0.331 e. The van der Waals surface area contributed by atoms with Gasteiger partial charge in [0.1, 0.15) is 0 Å². The first-order valence-electron chi connectivity index (χ1n) is 4.94. The molecule has 0 atom stereocenters. The second kappa shape index (κ2) is 6.61. The third-order valence-electron chi connectivity index (χ3n) is 2.05. The fourth-order valence-corrected chi connectivity index (χ4v) is 2.08. The van der Waals surface area contributed by atoms with Crippen LogP contribution in [0.4, 0.5) is 0 Å². The van der Waals surface area contributed by atoms with Gasteiger partial charge < -0.3 is 5.11 Å². The monoisotopic (exact) mass is 256 g/mol. The van der Waals surface area contributed by atoms with Gasteiger partial charge in [0.05, 0.1) is 0 Å². The summed E-state index contributed by atoms with van der Waals surface area (Å²) in [4.78, 5) is 11.8. The summed E-state index contributed by atoms with van der Waals surface area (Å²) in [5, 5.41) is 9.52. The van der Waals surface area contributed by atoms with Gasteiger partial charge in [0.25, 0.3) is 0 Å². The number of thioether (sulfide) groups is 1. The van der Waals surface area contributed by atoms with Crippen LogP contribution >= 0.6 is 23.4 Å². The molecule has 0 radical (unpaired) electrons. The number of carboxylic acids is 1. The normalized spacial score (nSPS) is 11.5. The van der Waals surface area contributed by atoms with Gasteiger partial charge in [-0.05, 0) is 30.7 Å². The van der Waals surface area contributed by atoms with Crippen molar-refractivity contribution in [2.24, 2.45) is 0 Å². The molecule has 0 aliphatic rings. The fraction of sp³-hybridized carbons (Fsp3) is 0.250. The molecule has 1 rings (SSSR count). The van der Waals surface area contributed by atoms with Gasteiger partial charge in [-0.15, -0.1) is 11.8 Å². The lowest BCUT2D eigenvalue weighted by Gasteiger charge is -2.00. The van der Waals surface area contributed by atoms with E-state index in [-0.39, 0.29) is 0 Å². The number of carbonyl (C=O) groups is 1. The maximum absolute atomic E-state index is 10.7. The molecule has 0 aliphatic heterocycles. The molecule has 1 aromatic carbocycles. The number of benzene rings is 1. The number of aliphatic carboxylic acids is 1. The lowest BCUT2D eigenvalue weighted by atomic mass is 10.2. The topological polar surface area (TPSA) is 37.3 Å². The minimum absolute atomic E-state index is 0.460. The minimum Gasteiger partial charge on any atom is -0.478 e. The van der Waals surface area contributed by atoms with Crippen molar-refractivity contribution in [1.82, 2.24) is 0 Å². The predicted molar refractivity (Wildman–Crippen MR) is 68.2 cm³/mol. The van der Waals surface area contributed by atoms with Crippen LogP contribution in [0.2, 0.25) is 5.02 Å². The lowest BCUT2D eigenvalue weighted by Crippen LogP contribution is -1.99. The number of rotatable bonds is 5. The van der Waals surface area contributed by atoms with Gasteiger partial charge in [-0.2, -0.15) is 0 Å². The van der Waals surface area contributed by atoms with E-state index in [0.29, 0.717) is 22.8 Å². The summed E-state index contributed by atoms with van der Waals surface area (Å²) in [6.07, 6.45) is 2.30. The molecular weight excluding hydrogens is 244 g/mol. The average molecular weight is 257 g/mol. The molecule has 0 saturated heterocycles. The molecule has 0 saturated carbocycles. The third kappa shape index (κ3) is 4.29. The smallest absolute Gasteiger partial charge is 0.331 e. The van der Waals surface area contributed by atoms with Gasteiger partial charge in [-0.1, -0.05) is 24.6 Å². The van der Waals surface area contributed by atoms with Gasteiger partial charge in [0.15, 0.2) is 0 Å². The highest BCUT2D eigenvalue weighted by Gasteiger charge is 2.02. The van der Waals surface area contributed by atoms with Crippen LogP contribution in [0.25, 0.3) is 0 Å². The van der Waals surface area contributed by atoms with Crippen LogP contribution in [-0.2, 0) is 4.79 Å². The molecule has 4 heteroatoms. The maximum atomic E-state index is 10.7. The second-order valence-electron chi connectivity index (χ2n) is 3.15. The Kier molecular flexibility index (Phi) is 5.43. The van der Waals surface area contributed by atoms with Crippen molar-refractivity contribution in [2.75, 3.05) is 5.75 Å². The van der Waals surface area contributed by atoms with Gasteiger partial charge in [0, 0.05) is 21.2 Å². The van der Waals surface area contributed by atoms with Gasteiger partial charge in [-0.3, -0.25) is 0 Å². The van der Waals surface area contributed by atoms with E-state index >= 15 is 0 Å². The molecule has 0 fully saturated rings. The Morgan fingerprint density at radius 1 is 1.44 bits per heavy atom. The predicted octanol–water partition coefficient (Wildman–Crippen LogP) is 3.85. The van der Waals surface area contributed by atoms with E-state index in [1.807, 2.05) is 31.2 Å². The molecule has 86 valence electrons. The van der Waals surface area contributed by atoms with Crippen LogP contribution < -0.4 is 0 Å². The molecular formula is C12H13ClO2S. The molecule has 1 N–H and O–H groups in total. The molecule has 0 amide bonds. The highest BCUT2D eigenvalue weighted by molar-refractivity contribution is 7.99. The van der Waals surface area contributed by atoms with E-state index in [1.165, 1.54) is 0 Å². The zero-order valence-electron chi connectivity index (χ0n) is 8.94. The average Bonchev–Trinajstić information content (AvgIpc) is 2.26. The first kappa shape index (κ1) is 13.1. The Balaban J connectivity index is 2.52. The summed E-state index contributed by atoms with van der Waals surface area (Å²) >= 11 is 7.35. The van der Waals surface area contributed by atoms with Crippen LogP contribution in [0.1, 0.15) is 13.3 Å². The van der Waals surface area contributed by atoms with Crippen molar-refractivity contribution >= 4 is 29.3 Å². The number of halogens is 1. The van der Waals surface area contributed by atoms with Crippen molar-refractivity contribution < 1.29 is 9.90 Å². The van der Waals surface area contributed by atoms with Crippen molar-refractivity contribution in [3.63, 3.8) is 0 Å². The Bertz CT molecular complexity index is 385. The molecule has 0 aliphatic carbocycles. The van der Waals surface area contributed by atoms with Crippen LogP contribution in [-0.4, -0.2) is 16.8 Å². The number of carboxylic acid groups (broad SMARTS) is 1. The molecule has 0 bridgehead atoms. The molecule has 2 nitrogen and oxygen atoms in total. The summed E-state index contributed by atoms with van der Waals surface area (Å²) in [6, 6.07) is 7.50. The first-order valence-corrected chi connectivity index (χ1v) is 6.30. The summed E-state index contributed by atoms with van der Waals surface area (Å²) < 4.78 is 0. The van der Waals surface area contributed by atoms with Crippen molar-refractivity contribution in [3.8, 4) is 0 Å². The summed E-state index contributed by atoms with van der Waals surface area (Å²) in [5.41, 5.74) is 0.460. The Morgan fingerprint density at radius 2 is 2.06 bits per heavy atom. The standard InChI is InChI=1S/C12H13ClO2S/c1-2-9(12(14)15)7-8-16-11-5-3-10(13)4-6-11/h3-7H,2,8H2,1H3,(H,14,15). The third-order valence-corrected chi connectivity index (χ3v) is 3.24. The van der Waals surface area contributed by atoms with Crippen molar-refractivity contribution in [1.29, 1.82) is 0 Å². The van der Waals surface area contributed by atoms with Crippen LogP contribution in [0.3, 0.4) is 0 Å². The molecule has 0 heterocycles. The molecule has 0 spiro atoms. The van der Waals surface area contributed by atoms with Gasteiger partial charge in [-0.25, -0.2) is 4.79 Å². The quantitative estimate of drug-likeness (QED) is 0.642. The van der Waals surface area contributed by atoms with Crippen LogP contribution in [0, 0.1) is 0 Å². The zero-order valence-corrected chi connectivity index (χ0v) is 10.5. The molecule has 16 heavy (non-hydrogen) atoms. The molecule has 1 aromatic rings. The van der Waals surface area contributed by atoms with Gasteiger partial charge >= 0.3 is 5.97 Å². The highest BCUT2D eigenvalue weighted by Crippen LogP contribution is 2.20. The summed E-state index contributed by atoms with van der Waals surface area (Å²) in [6.45, 7) is 1.84. The molecule has 0 unspecified atom stereocenters. The zero-order chi connectivity index (χ0) is 12.0. The number of hydrogen-bond acceptors (Lipinski definition) is 2. The van der Waals surface area contributed by atoms with Crippen molar-refractivity contribution in [2.45, 2.75) is 18.2 Å². The first-order chi connectivity index (χ1) is 7.63. The Morgan fingerprint density at radius 3 is 2.56 bits per heavy atom. The van der Waals surface area contributed by atoms with Crippen LogP contribution in [0.5, 0.6) is 0 Å². The van der Waals surface area contributed by atoms with E-state index in [4.69, 9.17) is 16.7 Å². The van der Waals surface area contributed by atoms with E-state index < -0.39 is 5.97 Å². The summed E-state index contributed by atoms with van der Waals surface area (Å²) in [5.74, 6) is -0.170. The molecule has 0 aromatic heterocycles. The Labute approximate surface area is 104 Å². The van der Waals surface area contributed by atoms with Crippen molar-refractivity contribution in [3.05, 3.63) is 40.9 Å².